The monoisotopic (exact) mass is 327 g/mol. The number of hydrogen-bond acceptors (Lipinski definition) is 2. The minimum atomic E-state index is -0.823. The molecule has 2 aromatic rings. The Hall–Kier alpha value is -2.20. The van der Waals surface area contributed by atoms with E-state index < -0.39 is 5.97 Å². The fraction of sp³-hybridized carbons (Fsp3) is 0.350. The van der Waals surface area contributed by atoms with Gasteiger partial charge in [0.05, 0.1) is 6.54 Å². The molecule has 0 saturated heterocycles. The molecule has 3 rings (SSSR count). The molecule has 24 heavy (non-hydrogen) atoms. The minimum absolute atomic E-state index is 0.0218. The fourth-order valence-electron chi connectivity index (χ4n) is 3.85. The summed E-state index contributed by atoms with van der Waals surface area (Å²) >= 11 is 0. The summed E-state index contributed by atoms with van der Waals surface area (Å²) in [5.74, 6) is -0.668. The fourth-order valence-corrected chi connectivity index (χ4v) is 3.85. The second-order valence-electron chi connectivity index (χ2n) is 6.62. The normalized spacial score (nSPS) is 20.0. The van der Waals surface area contributed by atoms with E-state index in [1.54, 1.807) is 6.07 Å². The van der Waals surface area contributed by atoms with Crippen LogP contribution in [0.1, 0.15) is 29.0 Å². The number of fused-ring (bicyclic) bond motifs is 1. The van der Waals surface area contributed by atoms with Crippen LogP contribution < -0.4 is 0 Å². The van der Waals surface area contributed by atoms with Crippen molar-refractivity contribution in [1.29, 1.82) is 0 Å². The molecule has 0 amide bonds. The molecule has 0 bridgehead atoms. The number of rotatable bonds is 5. The average molecular weight is 327 g/mol. The van der Waals surface area contributed by atoms with E-state index >= 15 is 0 Å². The third kappa shape index (κ3) is 3.65. The first-order valence-electron chi connectivity index (χ1n) is 8.28. The van der Waals surface area contributed by atoms with Crippen LogP contribution in [0.5, 0.6) is 0 Å². The number of aliphatic carboxylic acids is 1. The van der Waals surface area contributed by atoms with Crippen LogP contribution >= 0.6 is 0 Å². The van der Waals surface area contributed by atoms with Gasteiger partial charge in [-0.15, -0.1) is 0 Å². The van der Waals surface area contributed by atoms with Gasteiger partial charge in [0.15, 0.2) is 0 Å². The molecule has 1 aliphatic carbocycles. The highest BCUT2D eigenvalue weighted by Gasteiger charge is 2.32. The molecule has 126 valence electrons. The maximum absolute atomic E-state index is 13.9. The molecule has 0 aliphatic heterocycles. The van der Waals surface area contributed by atoms with E-state index in [0.29, 0.717) is 6.54 Å². The summed E-state index contributed by atoms with van der Waals surface area (Å²) in [6.45, 7) is 0.704. The Bertz CT molecular complexity index is 717. The quantitative estimate of drug-likeness (QED) is 0.913. The van der Waals surface area contributed by atoms with E-state index in [-0.39, 0.29) is 24.2 Å². The van der Waals surface area contributed by atoms with Gasteiger partial charge in [-0.05, 0) is 54.6 Å². The molecule has 0 spiro atoms. The van der Waals surface area contributed by atoms with Crippen LogP contribution in [0.25, 0.3) is 0 Å². The zero-order chi connectivity index (χ0) is 17.1. The van der Waals surface area contributed by atoms with Gasteiger partial charge in [-0.3, -0.25) is 9.69 Å². The van der Waals surface area contributed by atoms with E-state index in [9.17, 15) is 9.18 Å². The SMILES string of the molecule is CN(CC(=O)O)CC1CCc2ccc(F)cc2C1c1ccccc1. The molecule has 3 nitrogen and oxygen atoms in total. The van der Waals surface area contributed by atoms with E-state index in [1.807, 2.05) is 36.2 Å². The molecular formula is C20H22FNO2. The lowest BCUT2D eigenvalue weighted by Crippen LogP contribution is -2.35. The largest absolute Gasteiger partial charge is 0.480 e. The number of carboxylic acid groups (broad SMARTS) is 1. The summed E-state index contributed by atoms with van der Waals surface area (Å²) in [5, 5.41) is 9.00. The van der Waals surface area contributed by atoms with Crippen molar-refractivity contribution in [3.63, 3.8) is 0 Å². The predicted octanol–water partition coefficient (Wildman–Crippen LogP) is 3.54. The average Bonchev–Trinajstić information content (AvgIpc) is 2.54. The molecule has 2 aromatic carbocycles. The third-order valence-electron chi connectivity index (χ3n) is 4.81. The first-order valence-corrected chi connectivity index (χ1v) is 8.28. The molecular weight excluding hydrogens is 305 g/mol. The van der Waals surface area contributed by atoms with E-state index in [0.717, 1.165) is 24.0 Å². The van der Waals surface area contributed by atoms with Crippen LogP contribution in [-0.2, 0) is 11.2 Å². The van der Waals surface area contributed by atoms with Gasteiger partial charge < -0.3 is 5.11 Å². The van der Waals surface area contributed by atoms with Crippen molar-refractivity contribution < 1.29 is 14.3 Å². The lowest BCUT2D eigenvalue weighted by molar-refractivity contribution is -0.138. The minimum Gasteiger partial charge on any atom is -0.480 e. The third-order valence-corrected chi connectivity index (χ3v) is 4.81. The Balaban J connectivity index is 1.95. The van der Waals surface area contributed by atoms with Crippen LogP contribution in [0.3, 0.4) is 0 Å². The van der Waals surface area contributed by atoms with Gasteiger partial charge in [-0.25, -0.2) is 4.39 Å². The van der Waals surface area contributed by atoms with Gasteiger partial charge >= 0.3 is 5.97 Å². The lowest BCUT2D eigenvalue weighted by Gasteiger charge is -2.36. The Morgan fingerprint density at radius 1 is 1.25 bits per heavy atom. The van der Waals surface area contributed by atoms with Crippen molar-refractivity contribution >= 4 is 5.97 Å². The Morgan fingerprint density at radius 2 is 2.00 bits per heavy atom. The standard InChI is InChI=1S/C20H22FNO2/c1-22(13-19(23)24)12-16-8-7-14-9-10-17(21)11-18(14)20(16)15-5-3-2-4-6-15/h2-6,9-11,16,20H,7-8,12-13H2,1H3,(H,23,24). The van der Waals surface area contributed by atoms with Crippen molar-refractivity contribution in [1.82, 2.24) is 4.90 Å². The summed E-state index contributed by atoms with van der Waals surface area (Å²) in [6.07, 6.45) is 1.88. The van der Waals surface area contributed by atoms with E-state index in [4.69, 9.17) is 5.11 Å². The number of benzene rings is 2. The van der Waals surface area contributed by atoms with Crippen LogP contribution in [0, 0.1) is 11.7 Å². The second-order valence-corrected chi connectivity index (χ2v) is 6.62. The van der Waals surface area contributed by atoms with Crippen LogP contribution in [0.4, 0.5) is 4.39 Å². The molecule has 0 saturated carbocycles. The summed E-state index contributed by atoms with van der Waals surface area (Å²) in [7, 11) is 1.83. The van der Waals surface area contributed by atoms with Crippen molar-refractivity contribution in [2.75, 3.05) is 20.1 Å². The van der Waals surface area contributed by atoms with E-state index in [1.165, 1.54) is 11.6 Å². The Morgan fingerprint density at radius 3 is 2.71 bits per heavy atom. The first-order chi connectivity index (χ1) is 11.5. The topological polar surface area (TPSA) is 40.5 Å². The summed E-state index contributed by atoms with van der Waals surface area (Å²) in [6, 6.07) is 15.2. The summed E-state index contributed by atoms with van der Waals surface area (Å²) in [5.41, 5.74) is 3.40. The number of halogens is 1. The van der Waals surface area contributed by atoms with Crippen LogP contribution in [0.2, 0.25) is 0 Å². The van der Waals surface area contributed by atoms with Crippen LogP contribution in [0.15, 0.2) is 48.5 Å². The number of carboxylic acids is 1. The molecule has 1 aliphatic rings. The van der Waals surface area contributed by atoms with Gasteiger partial charge in [0.2, 0.25) is 0 Å². The van der Waals surface area contributed by atoms with Gasteiger partial charge in [-0.2, -0.15) is 0 Å². The van der Waals surface area contributed by atoms with Crippen molar-refractivity contribution in [3.05, 3.63) is 71.0 Å². The molecule has 2 atom stereocenters. The van der Waals surface area contributed by atoms with Gasteiger partial charge in [0.25, 0.3) is 0 Å². The lowest BCUT2D eigenvalue weighted by atomic mass is 9.71. The molecule has 0 heterocycles. The predicted molar refractivity (Wildman–Crippen MR) is 91.6 cm³/mol. The Labute approximate surface area is 141 Å². The van der Waals surface area contributed by atoms with Crippen molar-refractivity contribution in [2.24, 2.45) is 5.92 Å². The Kier molecular flexibility index (Phi) is 4.95. The zero-order valence-corrected chi connectivity index (χ0v) is 13.8. The molecule has 1 N–H and O–H groups in total. The van der Waals surface area contributed by atoms with Crippen LogP contribution in [-0.4, -0.2) is 36.1 Å². The highest BCUT2D eigenvalue weighted by molar-refractivity contribution is 5.69. The maximum Gasteiger partial charge on any atom is 0.317 e. The molecule has 0 aromatic heterocycles. The molecule has 0 fully saturated rings. The summed E-state index contributed by atoms with van der Waals surface area (Å²) in [4.78, 5) is 12.8. The number of likely N-dealkylation sites (N-methyl/N-ethyl adjacent to an activating group) is 1. The van der Waals surface area contributed by atoms with Crippen molar-refractivity contribution in [2.45, 2.75) is 18.8 Å². The molecule has 0 radical (unpaired) electrons. The number of carbonyl (C=O) groups is 1. The van der Waals surface area contributed by atoms with Gasteiger partial charge in [-0.1, -0.05) is 36.4 Å². The summed E-state index contributed by atoms with van der Waals surface area (Å²) < 4.78 is 13.9. The molecule has 4 heteroatoms. The zero-order valence-electron chi connectivity index (χ0n) is 13.8. The highest BCUT2D eigenvalue weighted by atomic mass is 19.1. The van der Waals surface area contributed by atoms with Gasteiger partial charge in [0, 0.05) is 12.5 Å². The van der Waals surface area contributed by atoms with Gasteiger partial charge in [0.1, 0.15) is 5.82 Å². The van der Waals surface area contributed by atoms with Crippen molar-refractivity contribution in [3.8, 4) is 0 Å². The number of nitrogens with zero attached hydrogens (tertiary/aromatic N) is 1. The van der Waals surface area contributed by atoms with E-state index in [2.05, 4.69) is 12.1 Å². The number of aryl methyl sites for hydroxylation is 1. The first kappa shape index (κ1) is 16.7. The second kappa shape index (κ2) is 7.14. The highest BCUT2D eigenvalue weighted by Crippen LogP contribution is 2.41. The smallest absolute Gasteiger partial charge is 0.317 e. The number of hydrogen-bond donors (Lipinski definition) is 1. The maximum atomic E-state index is 13.9. The molecule has 2 unspecified atom stereocenters.